The van der Waals surface area contributed by atoms with Gasteiger partial charge in [0.15, 0.2) is 20.0 Å². The van der Waals surface area contributed by atoms with Gasteiger partial charge in [-0.25, -0.2) is 39.9 Å². The first-order valence-corrected chi connectivity index (χ1v) is 53.3. The fraction of sp³-hybridized carbons (Fsp3) is 0.612. The van der Waals surface area contributed by atoms with Gasteiger partial charge in [0.25, 0.3) is 47.3 Å². The van der Waals surface area contributed by atoms with Gasteiger partial charge < -0.3 is 82.6 Å². The maximum absolute atomic E-state index is 13.7. The van der Waals surface area contributed by atoms with Crippen molar-refractivity contribution in [2.24, 2.45) is 11.8 Å². The summed E-state index contributed by atoms with van der Waals surface area (Å²) in [5, 5.41) is 65.7. The van der Waals surface area contributed by atoms with Gasteiger partial charge in [-0.05, 0) is 317 Å². The van der Waals surface area contributed by atoms with Crippen LogP contribution in [0.1, 0.15) is 348 Å². The van der Waals surface area contributed by atoms with Gasteiger partial charge in [0.05, 0.1) is 41.9 Å². The minimum absolute atomic E-state index is 0.0876. The molecule has 11 fully saturated rings. The Kier molecular flexibility index (Phi) is 30.4. The highest BCUT2D eigenvalue weighted by Gasteiger charge is 2.49. The van der Waals surface area contributed by atoms with Crippen LogP contribution in [0.5, 0.6) is 0 Å². The Morgan fingerprint density at radius 3 is 0.784 bits per heavy atom. The largest absolute Gasteiger partial charge is 0.389 e. The Hall–Kier alpha value is -10.1. The third-order valence-corrected chi connectivity index (χ3v) is 33.0. The van der Waals surface area contributed by atoms with Crippen LogP contribution in [0.3, 0.4) is 0 Å². The van der Waals surface area contributed by atoms with Gasteiger partial charge in [-0.15, -0.1) is 45.3 Å². The molecular formula is C103H140N20O12S4. The Morgan fingerprint density at radius 2 is 0.561 bits per heavy atom. The number of fused-ring (bicyclic) bond motifs is 8. The third-order valence-electron chi connectivity index (χ3n) is 28.6. The Bertz CT molecular complexity index is 5420. The second-order valence-corrected chi connectivity index (χ2v) is 48.0. The second-order valence-electron chi connectivity index (χ2n) is 44.0. The van der Waals surface area contributed by atoms with Crippen molar-refractivity contribution in [3.05, 3.63) is 114 Å². The number of amides is 8. The van der Waals surface area contributed by atoms with E-state index in [9.17, 15) is 58.8 Å². The molecule has 139 heavy (non-hydrogen) atoms. The van der Waals surface area contributed by atoms with Crippen LogP contribution >= 0.6 is 45.3 Å². The number of aliphatic hydroxyl groups is 4. The molecule has 8 bridgehead atoms. The average molecular weight is 1980 g/mol. The summed E-state index contributed by atoms with van der Waals surface area (Å²) in [4.78, 5) is 154. The number of hydrogen-bond acceptors (Lipinski definition) is 28. The van der Waals surface area contributed by atoms with Crippen LogP contribution in [-0.4, -0.2) is 248 Å². The van der Waals surface area contributed by atoms with Gasteiger partial charge >= 0.3 is 0 Å². The van der Waals surface area contributed by atoms with Gasteiger partial charge in [-0.1, -0.05) is 12.8 Å². The number of pyridine rings is 4. The van der Waals surface area contributed by atoms with Crippen LogP contribution in [0.4, 0.5) is 23.3 Å². The molecule has 748 valence electrons. The lowest BCUT2D eigenvalue weighted by molar-refractivity contribution is 0.0691. The van der Waals surface area contributed by atoms with E-state index >= 15 is 0 Å². The van der Waals surface area contributed by atoms with E-state index in [2.05, 4.69) is 117 Å². The molecule has 8 saturated heterocycles. The van der Waals surface area contributed by atoms with Gasteiger partial charge in [0.1, 0.15) is 46.0 Å². The summed E-state index contributed by atoms with van der Waals surface area (Å²) in [7, 11) is 0. The molecular weight excluding hydrogens is 1840 g/mol. The molecule has 16 heterocycles. The zero-order chi connectivity index (χ0) is 99.4. The Morgan fingerprint density at radius 1 is 0.338 bits per heavy atom. The smallest absolute Gasteiger partial charge is 0.280 e. The summed E-state index contributed by atoms with van der Waals surface area (Å²) in [6, 6.07) is 11.4. The normalized spacial score (nSPS) is 21.7. The molecule has 0 aromatic carbocycles. The quantitative estimate of drug-likeness (QED) is 0.0207. The van der Waals surface area contributed by atoms with Crippen molar-refractivity contribution in [3.63, 3.8) is 0 Å². The average Bonchev–Trinajstić information content (AvgIpc) is 1.62. The van der Waals surface area contributed by atoms with E-state index in [4.69, 9.17) is 0 Å². The zero-order valence-corrected chi connectivity index (χ0v) is 86.7. The molecule has 0 unspecified atom stereocenters. The molecule has 0 spiro atoms. The van der Waals surface area contributed by atoms with E-state index in [1.807, 2.05) is 71.6 Å². The van der Waals surface area contributed by atoms with E-state index < -0.39 is 28.3 Å². The molecule has 2 atom stereocenters. The van der Waals surface area contributed by atoms with Crippen molar-refractivity contribution in [2.45, 2.75) is 366 Å². The molecule has 8 aromatic rings. The number of aryl methyl sites for hydroxylation is 4. The van der Waals surface area contributed by atoms with Crippen LogP contribution in [0.25, 0.3) is 41.8 Å². The minimum atomic E-state index is -1.04. The lowest BCUT2D eigenvalue weighted by Crippen LogP contribution is -2.38. The molecule has 8 aliphatic heterocycles. The number of rotatable bonds is 29. The van der Waals surface area contributed by atoms with Crippen LogP contribution in [0.2, 0.25) is 0 Å². The van der Waals surface area contributed by atoms with Crippen LogP contribution in [-0.2, 0) is 0 Å². The predicted octanol–water partition coefficient (Wildman–Crippen LogP) is 16.1. The lowest BCUT2D eigenvalue weighted by Gasteiger charge is -2.22. The molecule has 12 N–H and O–H groups in total. The van der Waals surface area contributed by atoms with Crippen LogP contribution in [0, 0.1) is 39.5 Å². The van der Waals surface area contributed by atoms with Crippen LogP contribution < -0.4 is 42.5 Å². The van der Waals surface area contributed by atoms with Crippen LogP contribution in [0.15, 0.2) is 49.1 Å². The van der Waals surface area contributed by atoms with Gasteiger partial charge in [-0.3, -0.25) is 38.4 Å². The Balaban J connectivity index is 0.000000134. The molecule has 3 saturated carbocycles. The summed E-state index contributed by atoms with van der Waals surface area (Å²) in [6.45, 7) is 32.0. The van der Waals surface area contributed by atoms with Crippen molar-refractivity contribution in [2.75, 3.05) is 47.4 Å². The highest BCUT2D eigenvalue weighted by atomic mass is 32.1. The lowest BCUT2D eigenvalue weighted by atomic mass is 10.0. The summed E-state index contributed by atoms with van der Waals surface area (Å²) < 4.78 is 0. The number of nitrogens with one attached hydrogen (secondary N) is 8. The second kappa shape index (κ2) is 41.5. The van der Waals surface area contributed by atoms with E-state index in [1.165, 1.54) is 83.9 Å². The van der Waals surface area contributed by atoms with E-state index in [0.29, 0.717) is 72.2 Å². The van der Waals surface area contributed by atoms with Crippen molar-refractivity contribution in [1.29, 1.82) is 0 Å². The monoisotopic (exact) mass is 1980 g/mol. The number of thiazole rings is 4. The molecule has 36 heteroatoms. The van der Waals surface area contributed by atoms with Crippen molar-refractivity contribution >= 4 is 116 Å². The minimum Gasteiger partial charge on any atom is -0.389 e. The first-order valence-electron chi connectivity index (χ1n) is 50.0. The highest BCUT2D eigenvalue weighted by Crippen LogP contribution is 2.48. The number of aromatic nitrogens is 8. The zero-order valence-electron chi connectivity index (χ0n) is 83.5. The molecule has 11 aliphatic rings. The van der Waals surface area contributed by atoms with Gasteiger partial charge in [0.2, 0.25) is 0 Å². The third kappa shape index (κ3) is 24.5. The summed E-state index contributed by atoms with van der Waals surface area (Å²) in [5.41, 5.74) is 4.22. The van der Waals surface area contributed by atoms with Crippen molar-refractivity contribution in [3.8, 4) is 41.8 Å². The van der Waals surface area contributed by atoms with Crippen molar-refractivity contribution < 1.29 is 58.8 Å². The van der Waals surface area contributed by atoms with Gasteiger partial charge in [-0.2, -0.15) is 0 Å². The number of anilines is 4. The maximum Gasteiger partial charge on any atom is 0.280 e. The molecule has 32 nitrogen and oxygen atoms in total. The fourth-order valence-corrected chi connectivity index (χ4v) is 25.2. The molecule has 8 aromatic heterocycles. The standard InChI is InChI=1S/3C26H35N5O3S.C25H35N5O3S/c2*1-14-11-20(29-15(2)16-5-6-16)27-12-19(14)22-21(25(33)31-17-7-8-18(31)10-9-17)30-24(35-22)23(32)28-13-26(3,4)34;1-15-12-20(29-16-6-4-5-7-16)27-13-19(15)22-21(25(33)31-17-8-9-18(31)11-10-17)30-24(35-22)23(32)28-14-26(2,3)34;1-14-11-18(29-24(2,3)4)26-12-17(14)20-19(23(32)30-15-7-8-16(30)10-9-15)28-22(34-20)21(31)27-13-25(5,6)33/h2*11-12,15-18,34H,5-10,13H2,1-4H3,(H,27,29)(H,28,32);12-13,16-18,34H,4-11,14H2,1-3H3,(H,27,29)(H,28,32);11-12,15-16,33H,7-10,13H2,1-6H3,(H,26,29)(H,27,31)/t2*15-,17?,18?;;/m00../s1. The maximum atomic E-state index is 13.7. The number of carbonyl (C=O) groups is 8. The molecule has 3 aliphatic carbocycles. The highest BCUT2D eigenvalue weighted by molar-refractivity contribution is 7.18. The first kappa shape index (κ1) is 102. The fourth-order valence-electron chi connectivity index (χ4n) is 21.0. The van der Waals surface area contributed by atoms with E-state index in [1.54, 1.807) is 80.2 Å². The van der Waals surface area contributed by atoms with E-state index in [0.717, 1.165) is 183 Å². The van der Waals surface area contributed by atoms with Crippen molar-refractivity contribution in [1.82, 2.24) is 80.7 Å². The summed E-state index contributed by atoms with van der Waals surface area (Å²) in [5.74, 6) is 2.75. The first-order chi connectivity index (χ1) is 65.7. The number of nitrogens with zero attached hydrogens (tertiary/aromatic N) is 12. The molecule has 8 amide bonds. The molecule has 0 radical (unpaired) electrons. The Labute approximate surface area is 831 Å². The number of hydrogen-bond donors (Lipinski definition) is 12. The summed E-state index contributed by atoms with van der Waals surface area (Å²) in [6.07, 6.45) is 33.6. The number of carbonyl (C=O) groups excluding carboxylic acids is 8. The topological polar surface area (TPSA) is 430 Å². The predicted molar refractivity (Wildman–Crippen MR) is 545 cm³/mol. The van der Waals surface area contributed by atoms with E-state index in [-0.39, 0.29) is 141 Å². The molecule has 19 rings (SSSR count). The van der Waals surface area contributed by atoms with Gasteiger partial charge in [0, 0.05) is 145 Å². The SMILES string of the molecule is Cc1cc(NC(C)(C)C)ncc1-c1sc(C(=O)NCC(C)(C)O)nc1C(=O)N1C2CCC1CC2.Cc1cc(NC2CCCC2)ncc1-c1sc(C(=O)NCC(C)(C)O)nc1C(=O)N1C2CCC1CC2.Cc1cc(N[C@@H](C)C2CC2)ncc1-c1sc(C(=O)NCC(C)(C)O)nc1C(=O)N1C2CCC1CC2.Cc1cc(N[C@@H](C)C2CC2)ncc1-c1sc(C(=O)NCC(C)(C)O)nc1C(=O)N1C2CCC1CC2. The summed E-state index contributed by atoms with van der Waals surface area (Å²) >= 11 is 4.86.